The summed E-state index contributed by atoms with van der Waals surface area (Å²) in [4.78, 5) is 11.5. The first-order valence-corrected chi connectivity index (χ1v) is 6.46. The van der Waals surface area contributed by atoms with E-state index in [2.05, 4.69) is 0 Å². The van der Waals surface area contributed by atoms with Gasteiger partial charge in [0.25, 0.3) is 0 Å². The van der Waals surface area contributed by atoms with Crippen molar-refractivity contribution in [1.29, 1.82) is 0 Å². The number of carbonyl (C=O) groups excluding carboxylic acids is 1. The molecule has 1 rings (SSSR count). The summed E-state index contributed by atoms with van der Waals surface area (Å²) >= 11 is 0. The van der Waals surface area contributed by atoms with Crippen molar-refractivity contribution in [3.63, 3.8) is 0 Å². The lowest BCUT2D eigenvalue weighted by atomic mass is 10.1. The molecule has 0 amide bonds. The minimum absolute atomic E-state index is 0.0856. The molecule has 1 atom stereocenters. The zero-order chi connectivity index (χ0) is 11.5. The molecule has 1 unspecified atom stereocenters. The lowest BCUT2D eigenvalue weighted by Gasteiger charge is -2.07. The van der Waals surface area contributed by atoms with E-state index in [0.29, 0.717) is 5.56 Å². The minimum atomic E-state index is -3.08. The van der Waals surface area contributed by atoms with Crippen LogP contribution in [-0.4, -0.2) is 32.3 Å². The van der Waals surface area contributed by atoms with Gasteiger partial charge in [0.15, 0.2) is 5.78 Å². The Labute approximate surface area is 88.2 Å². The lowest BCUT2D eigenvalue weighted by Crippen LogP contribution is -2.32. The van der Waals surface area contributed by atoms with Crippen LogP contribution >= 0.6 is 0 Å². The summed E-state index contributed by atoms with van der Waals surface area (Å²) in [7, 11) is -3.08. The largest absolute Gasteiger partial charge is 0.472 e. The summed E-state index contributed by atoms with van der Waals surface area (Å²) in [5.41, 5.74) is 5.93. The second-order valence-electron chi connectivity index (χ2n) is 3.40. The molecule has 0 aliphatic heterocycles. The molecule has 0 saturated carbocycles. The van der Waals surface area contributed by atoms with Gasteiger partial charge in [0.1, 0.15) is 16.1 Å². The van der Waals surface area contributed by atoms with E-state index in [4.69, 9.17) is 10.2 Å². The molecule has 5 nitrogen and oxygen atoms in total. The Morgan fingerprint density at radius 1 is 1.60 bits per heavy atom. The van der Waals surface area contributed by atoms with Crippen molar-refractivity contribution < 1.29 is 17.6 Å². The molecule has 0 spiro atoms. The second kappa shape index (κ2) is 4.59. The van der Waals surface area contributed by atoms with Crippen molar-refractivity contribution in [2.45, 2.75) is 12.5 Å². The Kier molecular flexibility index (Phi) is 3.65. The smallest absolute Gasteiger partial charge is 0.182 e. The van der Waals surface area contributed by atoms with E-state index in [-0.39, 0.29) is 18.0 Å². The molecule has 0 saturated heterocycles. The molecular formula is C9H13NO4S. The van der Waals surface area contributed by atoms with Gasteiger partial charge in [-0.05, 0) is 12.5 Å². The zero-order valence-electron chi connectivity index (χ0n) is 8.34. The number of carbonyl (C=O) groups is 1. The fraction of sp³-hybridized carbons (Fsp3) is 0.444. The van der Waals surface area contributed by atoms with Crippen LogP contribution in [0.5, 0.6) is 0 Å². The third kappa shape index (κ3) is 3.85. The van der Waals surface area contributed by atoms with Crippen molar-refractivity contribution >= 4 is 15.6 Å². The van der Waals surface area contributed by atoms with Crippen molar-refractivity contribution in [1.82, 2.24) is 0 Å². The highest BCUT2D eigenvalue weighted by Crippen LogP contribution is 2.06. The van der Waals surface area contributed by atoms with Gasteiger partial charge in [0.05, 0.1) is 23.6 Å². The van der Waals surface area contributed by atoms with E-state index >= 15 is 0 Å². The number of furan rings is 1. The molecule has 1 aromatic heterocycles. The van der Waals surface area contributed by atoms with Gasteiger partial charge in [0.2, 0.25) is 0 Å². The van der Waals surface area contributed by atoms with Gasteiger partial charge in [-0.2, -0.15) is 0 Å². The molecule has 0 bridgehead atoms. The van der Waals surface area contributed by atoms with Gasteiger partial charge in [-0.15, -0.1) is 0 Å². The summed E-state index contributed by atoms with van der Waals surface area (Å²) in [5, 5.41) is 0. The Morgan fingerprint density at radius 3 is 2.73 bits per heavy atom. The van der Waals surface area contributed by atoms with E-state index in [1.54, 1.807) is 0 Å². The van der Waals surface area contributed by atoms with Gasteiger partial charge in [-0.3, -0.25) is 4.79 Å². The van der Waals surface area contributed by atoms with E-state index in [1.165, 1.54) is 18.6 Å². The SMILES string of the molecule is CS(=O)(=O)CCC(N)C(=O)c1ccoc1. The molecule has 0 fully saturated rings. The minimum Gasteiger partial charge on any atom is -0.472 e. The van der Waals surface area contributed by atoms with E-state index in [9.17, 15) is 13.2 Å². The molecule has 15 heavy (non-hydrogen) atoms. The molecule has 1 heterocycles. The number of hydrogen-bond acceptors (Lipinski definition) is 5. The number of rotatable bonds is 5. The van der Waals surface area contributed by atoms with Crippen LogP contribution in [0.3, 0.4) is 0 Å². The van der Waals surface area contributed by atoms with E-state index in [0.717, 1.165) is 6.26 Å². The van der Waals surface area contributed by atoms with Crippen LogP contribution < -0.4 is 5.73 Å². The molecular weight excluding hydrogens is 218 g/mol. The predicted molar refractivity (Wildman–Crippen MR) is 55.3 cm³/mol. The Hall–Kier alpha value is -1.14. The van der Waals surface area contributed by atoms with Crippen LogP contribution in [0.2, 0.25) is 0 Å². The summed E-state index contributed by atoms with van der Waals surface area (Å²) in [6.07, 6.45) is 3.91. The van der Waals surface area contributed by atoms with Crippen LogP contribution in [0, 0.1) is 0 Å². The maximum Gasteiger partial charge on any atom is 0.182 e. The lowest BCUT2D eigenvalue weighted by molar-refractivity contribution is 0.0959. The van der Waals surface area contributed by atoms with Crippen molar-refractivity contribution in [3.8, 4) is 0 Å². The molecule has 0 aromatic carbocycles. The predicted octanol–water partition coefficient (Wildman–Crippen LogP) is 0.224. The van der Waals surface area contributed by atoms with Crippen LogP contribution in [-0.2, 0) is 9.84 Å². The molecule has 0 aliphatic rings. The molecule has 84 valence electrons. The molecule has 2 N–H and O–H groups in total. The van der Waals surface area contributed by atoms with Gasteiger partial charge < -0.3 is 10.2 Å². The van der Waals surface area contributed by atoms with Crippen LogP contribution in [0.15, 0.2) is 23.0 Å². The molecule has 0 radical (unpaired) electrons. The summed E-state index contributed by atoms with van der Waals surface area (Å²) < 4.78 is 26.5. The fourth-order valence-corrected chi connectivity index (χ4v) is 1.77. The average molecular weight is 231 g/mol. The molecule has 1 aromatic rings. The first kappa shape index (κ1) is 11.9. The fourth-order valence-electron chi connectivity index (χ4n) is 1.09. The van der Waals surface area contributed by atoms with Gasteiger partial charge in [0, 0.05) is 6.26 Å². The summed E-state index contributed by atoms with van der Waals surface area (Å²) in [6.45, 7) is 0. The van der Waals surface area contributed by atoms with Gasteiger partial charge in [-0.25, -0.2) is 8.42 Å². The second-order valence-corrected chi connectivity index (χ2v) is 5.66. The summed E-state index contributed by atoms with van der Waals surface area (Å²) in [5.74, 6) is -0.384. The van der Waals surface area contributed by atoms with Crippen LogP contribution in [0.25, 0.3) is 0 Å². The number of sulfone groups is 1. The first-order valence-electron chi connectivity index (χ1n) is 4.40. The Bertz CT molecular complexity index is 421. The first-order chi connectivity index (χ1) is 6.90. The van der Waals surface area contributed by atoms with Crippen LogP contribution in [0.1, 0.15) is 16.8 Å². The number of ketones is 1. The normalized spacial score (nSPS) is 13.7. The van der Waals surface area contributed by atoms with Crippen molar-refractivity contribution in [2.24, 2.45) is 5.73 Å². The highest BCUT2D eigenvalue weighted by molar-refractivity contribution is 7.90. The topological polar surface area (TPSA) is 90.4 Å². The zero-order valence-corrected chi connectivity index (χ0v) is 9.16. The van der Waals surface area contributed by atoms with Gasteiger partial charge >= 0.3 is 0 Å². The molecule has 6 heteroatoms. The third-order valence-electron chi connectivity index (χ3n) is 1.94. The highest BCUT2D eigenvalue weighted by Gasteiger charge is 2.18. The Morgan fingerprint density at radius 2 is 2.27 bits per heavy atom. The average Bonchev–Trinajstić information content (AvgIpc) is 2.64. The highest BCUT2D eigenvalue weighted by atomic mass is 32.2. The quantitative estimate of drug-likeness (QED) is 0.732. The number of nitrogens with two attached hydrogens (primary N) is 1. The van der Waals surface area contributed by atoms with Gasteiger partial charge in [-0.1, -0.05) is 0 Å². The monoisotopic (exact) mass is 231 g/mol. The third-order valence-corrected chi connectivity index (χ3v) is 2.92. The summed E-state index contributed by atoms with van der Waals surface area (Å²) in [6, 6.07) is 0.708. The maximum absolute atomic E-state index is 11.5. The van der Waals surface area contributed by atoms with Crippen molar-refractivity contribution in [3.05, 3.63) is 24.2 Å². The van der Waals surface area contributed by atoms with Crippen molar-refractivity contribution in [2.75, 3.05) is 12.0 Å². The number of hydrogen-bond donors (Lipinski definition) is 1. The van der Waals surface area contributed by atoms with E-state index in [1.807, 2.05) is 0 Å². The number of Topliss-reactive ketones (excluding diaryl/α,β-unsaturated/α-hetero) is 1. The Balaban J connectivity index is 2.55. The molecule has 0 aliphatic carbocycles. The van der Waals surface area contributed by atoms with Crippen LogP contribution in [0.4, 0.5) is 0 Å². The maximum atomic E-state index is 11.5. The van der Waals surface area contributed by atoms with E-state index < -0.39 is 15.9 Å². The standard InChI is InChI=1S/C9H13NO4S/c1-15(12,13)5-3-8(10)9(11)7-2-4-14-6-7/h2,4,6,8H,3,5,10H2,1H3.